The van der Waals surface area contributed by atoms with Gasteiger partial charge >= 0.3 is 11.7 Å². The summed E-state index contributed by atoms with van der Waals surface area (Å²) in [5.41, 5.74) is 10.6. The van der Waals surface area contributed by atoms with Crippen LogP contribution in [0.15, 0.2) is 18.2 Å². The molecule has 6 N–H and O–H groups in total. The fourth-order valence-corrected chi connectivity index (χ4v) is 1.29. The number of nitrogens with zero attached hydrogens (tertiary/aromatic N) is 1. The summed E-state index contributed by atoms with van der Waals surface area (Å²) < 4.78 is 0. The minimum absolute atomic E-state index is 0.0860. The minimum atomic E-state index is -0.645. The first-order valence-corrected chi connectivity index (χ1v) is 4.82. The van der Waals surface area contributed by atoms with Crippen molar-refractivity contribution in [2.24, 2.45) is 5.73 Å². The van der Waals surface area contributed by atoms with Crippen molar-refractivity contribution in [2.75, 3.05) is 24.1 Å². The van der Waals surface area contributed by atoms with Gasteiger partial charge in [-0.1, -0.05) is 6.07 Å². The van der Waals surface area contributed by atoms with E-state index >= 15 is 0 Å². The third-order valence-electron chi connectivity index (χ3n) is 1.99. The molecule has 8 nitrogen and oxygen atoms in total. The number of anilines is 2. The smallest absolute Gasteiger partial charge is 0.314 e. The highest BCUT2D eigenvalue weighted by molar-refractivity contribution is 5.74. The van der Waals surface area contributed by atoms with E-state index < -0.39 is 11.0 Å². The molecule has 0 heterocycles. The van der Waals surface area contributed by atoms with Gasteiger partial charge in [-0.3, -0.25) is 10.1 Å². The highest BCUT2D eigenvalue weighted by Crippen LogP contribution is 2.29. The lowest BCUT2D eigenvalue weighted by Gasteiger charge is -2.08. The van der Waals surface area contributed by atoms with E-state index in [-0.39, 0.29) is 17.9 Å². The van der Waals surface area contributed by atoms with Gasteiger partial charge in [-0.25, -0.2) is 4.79 Å². The van der Waals surface area contributed by atoms with Crippen LogP contribution in [0.5, 0.6) is 0 Å². The van der Waals surface area contributed by atoms with Crippen molar-refractivity contribution < 1.29 is 9.72 Å². The van der Waals surface area contributed by atoms with Gasteiger partial charge in [0.05, 0.1) is 4.92 Å². The van der Waals surface area contributed by atoms with Crippen LogP contribution in [0.1, 0.15) is 0 Å². The summed E-state index contributed by atoms with van der Waals surface area (Å²) in [6.45, 7) is 0.578. The number of nitro groups is 1. The first-order valence-electron chi connectivity index (χ1n) is 4.82. The zero-order chi connectivity index (χ0) is 12.8. The second-order valence-electron chi connectivity index (χ2n) is 3.22. The Morgan fingerprint density at radius 1 is 1.41 bits per heavy atom. The van der Waals surface area contributed by atoms with Crippen molar-refractivity contribution in [1.82, 2.24) is 5.32 Å². The number of hydrogen-bond acceptors (Lipinski definition) is 5. The van der Waals surface area contributed by atoms with Crippen molar-refractivity contribution in [3.8, 4) is 0 Å². The zero-order valence-electron chi connectivity index (χ0n) is 8.97. The van der Waals surface area contributed by atoms with Crippen LogP contribution in [-0.2, 0) is 0 Å². The van der Waals surface area contributed by atoms with Gasteiger partial charge in [0, 0.05) is 13.1 Å². The first-order chi connectivity index (χ1) is 8.02. The Balaban J connectivity index is 2.67. The van der Waals surface area contributed by atoms with E-state index in [1.54, 1.807) is 12.1 Å². The maximum atomic E-state index is 10.8. The van der Waals surface area contributed by atoms with E-state index in [2.05, 4.69) is 10.6 Å². The standard InChI is InChI=1S/C9H13N5O3/c10-6-2-1-3-7(8(6)14(16)17)12-4-5-13-9(11)15/h1-3,12H,4-5,10H2,(H3,11,13,15). The summed E-state index contributed by atoms with van der Waals surface area (Å²) in [7, 11) is 0. The number of hydrogen-bond donors (Lipinski definition) is 4. The topological polar surface area (TPSA) is 136 Å². The summed E-state index contributed by atoms with van der Waals surface area (Å²) in [6.07, 6.45) is 0. The molecule has 8 heteroatoms. The van der Waals surface area contributed by atoms with Crippen LogP contribution in [-0.4, -0.2) is 24.0 Å². The average molecular weight is 239 g/mol. The molecule has 0 aliphatic heterocycles. The van der Waals surface area contributed by atoms with Crippen LogP contribution < -0.4 is 22.1 Å². The van der Waals surface area contributed by atoms with Gasteiger partial charge in [0.2, 0.25) is 0 Å². The number of carbonyl (C=O) groups excluding carboxylic acids is 1. The Kier molecular flexibility index (Phi) is 4.09. The number of para-hydroxylation sites is 1. The number of nitrogens with one attached hydrogen (secondary N) is 2. The maximum Gasteiger partial charge on any atom is 0.314 e. The molecule has 0 bridgehead atoms. The van der Waals surface area contributed by atoms with Crippen LogP contribution >= 0.6 is 0 Å². The fraction of sp³-hybridized carbons (Fsp3) is 0.222. The van der Waals surface area contributed by atoms with Gasteiger partial charge < -0.3 is 22.1 Å². The van der Waals surface area contributed by atoms with Crippen molar-refractivity contribution in [3.05, 3.63) is 28.3 Å². The third-order valence-corrected chi connectivity index (χ3v) is 1.99. The molecule has 0 aromatic heterocycles. The van der Waals surface area contributed by atoms with E-state index in [1.807, 2.05) is 0 Å². The molecule has 17 heavy (non-hydrogen) atoms. The van der Waals surface area contributed by atoms with Crippen molar-refractivity contribution in [1.29, 1.82) is 0 Å². The number of primary amides is 1. The normalized spacial score (nSPS) is 9.65. The number of rotatable bonds is 5. The van der Waals surface area contributed by atoms with E-state index in [9.17, 15) is 14.9 Å². The largest absolute Gasteiger partial charge is 0.393 e. The van der Waals surface area contributed by atoms with E-state index in [1.165, 1.54) is 6.07 Å². The lowest BCUT2D eigenvalue weighted by Crippen LogP contribution is -2.33. The summed E-state index contributed by atoms with van der Waals surface area (Å²) in [4.78, 5) is 20.6. The molecule has 0 radical (unpaired) electrons. The molecular formula is C9H13N5O3. The molecule has 0 spiro atoms. The van der Waals surface area contributed by atoms with Gasteiger partial charge in [-0.05, 0) is 12.1 Å². The SMILES string of the molecule is NC(=O)NCCNc1cccc(N)c1[N+](=O)[O-]. The van der Waals surface area contributed by atoms with Crippen LogP contribution in [0.4, 0.5) is 21.9 Å². The number of nitrogens with two attached hydrogens (primary N) is 2. The van der Waals surface area contributed by atoms with Gasteiger partial charge in [0.15, 0.2) is 0 Å². The van der Waals surface area contributed by atoms with E-state index in [4.69, 9.17) is 11.5 Å². The van der Waals surface area contributed by atoms with Crippen LogP contribution in [0, 0.1) is 10.1 Å². The van der Waals surface area contributed by atoms with Crippen molar-refractivity contribution in [2.45, 2.75) is 0 Å². The Labute approximate surface area is 97.1 Å². The van der Waals surface area contributed by atoms with Gasteiger partial charge in [-0.15, -0.1) is 0 Å². The zero-order valence-corrected chi connectivity index (χ0v) is 8.97. The summed E-state index contributed by atoms with van der Waals surface area (Å²) in [5.74, 6) is 0. The van der Waals surface area contributed by atoms with Gasteiger partial charge in [0.25, 0.3) is 0 Å². The number of nitro benzene ring substituents is 1. The number of amides is 2. The average Bonchev–Trinajstić information content (AvgIpc) is 2.23. The first kappa shape index (κ1) is 12.6. The molecule has 0 unspecified atom stereocenters. The second-order valence-corrected chi connectivity index (χ2v) is 3.22. The molecule has 0 aliphatic rings. The lowest BCUT2D eigenvalue weighted by atomic mass is 10.2. The van der Waals surface area contributed by atoms with Crippen LogP contribution in [0.25, 0.3) is 0 Å². The Bertz CT molecular complexity index is 435. The summed E-state index contributed by atoms with van der Waals surface area (Å²) >= 11 is 0. The number of urea groups is 1. The summed E-state index contributed by atoms with van der Waals surface area (Å²) in [6, 6.07) is 3.95. The number of carbonyl (C=O) groups is 1. The molecule has 0 saturated heterocycles. The van der Waals surface area contributed by atoms with Crippen molar-refractivity contribution >= 4 is 23.1 Å². The highest BCUT2D eigenvalue weighted by atomic mass is 16.6. The Morgan fingerprint density at radius 3 is 2.71 bits per heavy atom. The van der Waals surface area contributed by atoms with Crippen LogP contribution in [0.2, 0.25) is 0 Å². The molecule has 1 aromatic rings. The minimum Gasteiger partial charge on any atom is -0.393 e. The van der Waals surface area contributed by atoms with Crippen molar-refractivity contribution in [3.63, 3.8) is 0 Å². The molecule has 92 valence electrons. The maximum absolute atomic E-state index is 10.8. The van der Waals surface area contributed by atoms with E-state index in [0.717, 1.165) is 0 Å². The summed E-state index contributed by atoms with van der Waals surface area (Å²) in [5, 5.41) is 15.9. The second kappa shape index (κ2) is 5.54. The molecule has 1 rings (SSSR count). The molecule has 1 aromatic carbocycles. The number of benzene rings is 1. The quantitative estimate of drug-likeness (QED) is 0.253. The Hall–Kier alpha value is -2.51. The Morgan fingerprint density at radius 2 is 2.12 bits per heavy atom. The van der Waals surface area contributed by atoms with E-state index in [0.29, 0.717) is 12.2 Å². The molecule has 0 atom stereocenters. The lowest BCUT2D eigenvalue weighted by molar-refractivity contribution is -0.383. The monoisotopic (exact) mass is 239 g/mol. The molecule has 2 amide bonds. The van der Waals surface area contributed by atoms with Gasteiger partial charge in [-0.2, -0.15) is 0 Å². The highest BCUT2D eigenvalue weighted by Gasteiger charge is 2.16. The molecule has 0 saturated carbocycles. The molecular weight excluding hydrogens is 226 g/mol. The fourth-order valence-electron chi connectivity index (χ4n) is 1.29. The molecule has 0 aliphatic carbocycles. The van der Waals surface area contributed by atoms with Crippen LogP contribution in [0.3, 0.4) is 0 Å². The van der Waals surface area contributed by atoms with Gasteiger partial charge in [0.1, 0.15) is 11.4 Å². The predicted octanol–water partition coefficient (Wildman–Crippen LogP) is 0.257. The number of nitrogen functional groups attached to an aromatic ring is 1. The predicted molar refractivity (Wildman–Crippen MR) is 63.6 cm³/mol. The molecule has 0 fully saturated rings. The third kappa shape index (κ3) is 3.52.